The van der Waals surface area contributed by atoms with Gasteiger partial charge in [0.2, 0.25) is 0 Å². The van der Waals surface area contributed by atoms with Crippen LogP contribution in [0.3, 0.4) is 0 Å². The standard InChI is InChI=1S/C19H29N3O2S2/c23-17(14-22-8-2-1-3-9-22)13-20-19(24)21-16-7-4-6-15(12-16)18-25-10-5-11-26-18/h4,6-7,12,17-18,23H,1-3,5,8-11,13-14H2,(H2,20,21,24)/t17-/m1/s1. The zero-order chi connectivity index (χ0) is 18.2. The van der Waals surface area contributed by atoms with Crippen LogP contribution in [0, 0.1) is 0 Å². The number of aliphatic hydroxyl groups excluding tert-OH is 1. The number of urea groups is 1. The predicted octanol–water partition coefficient (Wildman–Crippen LogP) is 3.52. The average Bonchev–Trinajstić information content (AvgIpc) is 2.68. The number of carbonyl (C=O) groups excluding carboxylic acids is 1. The lowest BCUT2D eigenvalue weighted by atomic mass is 10.1. The van der Waals surface area contributed by atoms with E-state index in [0.29, 0.717) is 11.1 Å². The summed E-state index contributed by atoms with van der Waals surface area (Å²) in [5, 5.41) is 15.8. The smallest absolute Gasteiger partial charge is 0.319 e. The molecule has 2 amide bonds. The number of nitrogens with zero attached hydrogens (tertiary/aromatic N) is 1. The van der Waals surface area contributed by atoms with Gasteiger partial charge in [-0.3, -0.25) is 0 Å². The Morgan fingerprint density at radius 3 is 2.73 bits per heavy atom. The number of anilines is 1. The number of nitrogens with one attached hydrogen (secondary N) is 2. The minimum Gasteiger partial charge on any atom is -0.390 e. The van der Waals surface area contributed by atoms with Gasteiger partial charge in [0.1, 0.15) is 0 Å². The van der Waals surface area contributed by atoms with Crippen LogP contribution in [0.1, 0.15) is 35.8 Å². The van der Waals surface area contributed by atoms with Crippen molar-refractivity contribution in [1.29, 1.82) is 0 Å². The molecule has 5 nitrogen and oxygen atoms in total. The average molecular weight is 396 g/mol. The first-order chi connectivity index (χ1) is 12.7. The molecule has 2 saturated heterocycles. The van der Waals surface area contributed by atoms with E-state index in [9.17, 15) is 9.90 Å². The third kappa shape index (κ3) is 6.37. The van der Waals surface area contributed by atoms with Crippen molar-refractivity contribution in [1.82, 2.24) is 10.2 Å². The molecule has 3 rings (SSSR count). The van der Waals surface area contributed by atoms with Gasteiger partial charge in [-0.25, -0.2) is 4.79 Å². The molecule has 0 spiro atoms. The van der Waals surface area contributed by atoms with Crippen LogP contribution in [0.5, 0.6) is 0 Å². The predicted molar refractivity (Wildman–Crippen MR) is 112 cm³/mol. The number of hydrogen-bond donors (Lipinski definition) is 3. The summed E-state index contributed by atoms with van der Waals surface area (Å²) in [6.07, 6.45) is 4.43. The van der Waals surface area contributed by atoms with Gasteiger partial charge in [-0.05, 0) is 61.6 Å². The van der Waals surface area contributed by atoms with E-state index in [1.807, 2.05) is 35.7 Å². The quantitative estimate of drug-likeness (QED) is 0.688. The molecule has 3 N–H and O–H groups in total. The molecule has 0 aliphatic carbocycles. The van der Waals surface area contributed by atoms with Crippen molar-refractivity contribution in [2.75, 3.05) is 43.0 Å². The van der Waals surface area contributed by atoms with E-state index < -0.39 is 6.10 Å². The number of amides is 2. The Morgan fingerprint density at radius 1 is 1.19 bits per heavy atom. The Kier molecular flexibility index (Phi) is 7.98. The maximum Gasteiger partial charge on any atom is 0.319 e. The van der Waals surface area contributed by atoms with Gasteiger partial charge in [0.25, 0.3) is 0 Å². The monoisotopic (exact) mass is 395 g/mol. The Bertz CT molecular complexity index is 576. The molecule has 0 bridgehead atoms. The molecule has 1 aromatic rings. The first-order valence-electron chi connectivity index (χ1n) is 9.49. The largest absolute Gasteiger partial charge is 0.390 e. The van der Waals surface area contributed by atoms with Crippen LogP contribution in [0.15, 0.2) is 24.3 Å². The summed E-state index contributed by atoms with van der Waals surface area (Å²) in [7, 11) is 0. The summed E-state index contributed by atoms with van der Waals surface area (Å²) < 4.78 is 0.458. The lowest BCUT2D eigenvalue weighted by Crippen LogP contribution is -2.42. The fourth-order valence-corrected chi connectivity index (χ4v) is 6.21. The highest BCUT2D eigenvalue weighted by molar-refractivity contribution is 8.16. The Hall–Kier alpha value is -0.890. The molecule has 1 atom stereocenters. The Labute approximate surface area is 164 Å². The SMILES string of the molecule is O=C(NC[C@@H](O)CN1CCCCC1)Nc1cccc(C2SCCCS2)c1. The topological polar surface area (TPSA) is 64.6 Å². The van der Waals surface area contributed by atoms with Gasteiger partial charge in [0.05, 0.1) is 10.7 Å². The number of rotatable bonds is 6. The Morgan fingerprint density at radius 2 is 1.96 bits per heavy atom. The maximum absolute atomic E-state index is 12.1. The zero-order valence-electron chi connectivity index (χ0n) is 15.2. The van der Waals surface area contributed by atoms with Crippen LogP contribution in [-0.2, 0) is 0 Å². The van der Waals surface area contributed by atoms with Crippen molar-refractivity contribution in [2.45, 2.75) is 36.4 Å². The van der Waals surface area contributed by atoms with Gasteiger partial charge in [0, 0.05) is 18.8 Å². The minimum absolute atomic E-state index is 0.260. The van der Waals surface area contributed by atoms with E-state index in [-0.39, 0.29) is 12.6 Å². The number of likely N-dealkylation sites (tertiary alicyclic amines) is 1. The first-order valence-corrected chi connectivity index (χ1v) is 11.6. The second-order valence-electron chi connectivity index (χ2n) is 6.90. The van der Waals surface area contributed by atoms with Crippen molar-refractivity contribution in [3.05, 3.63) is 29.8 Å². The zero-order valence-corrected chi connectivity index (χ0v) is 16.8. The van der Waals surface area contributed by atoms with E-state index in [1.165, 1.54) is 42.8 Å². The number of hydrogen-bond acceptors (Lipinski definition) is 5. The first kappa shape index (κ1) is 19.9. The molecular weight excluding hydrogens is 366 g/mol. The van der Waals surface area contributed by atoms with Gasteiger partial charge >= 0.3 is 6.03 Å². The molecule has 7 heteroatoms. The van der Waals surface area contributed by atoms with Gasteiger partial charge in [0.15, 0.2) is 0 Å². The van der Waals surface area contributed by atoms with E-state index in [4.69, 9.17) is 0 Å². The molecule has 2 fully saturated rings. The van der Waals surface area contributed by atoms with Crippen molar-refractivity contribution < 1.29 is 9.90 Å². The molecule has 0 radical (unpaired) electrons. The summed E-state index contributed by atoms with van der Waals surface area (Å²) >= 11 is 3.94. The van der Waals surface area contributed by atoms with Gasteiger partial charge in [-0.15, -0.1) is 23.5 Å². The molecule has 0 unspecified atom stereocenters. The van der Waals surface area contributed by atoms with Gasteiger partial charge in [-0.1, -0.05) is 18.6 Å². The van der Waals surface area contributed by atoms with Crippen LogP contribution < -0.4 is 10.6 Å². The molecule has 2 aliphatic rings. The number of aliphatic hydroxyl groups is 1. The highest BCUT2D eigenvalue weighted by atomic mass is 32.2. The molecule has 2 heterocycles. The minimum atomic E-state index is -0.528. The fraction of sp³-hybridized carbons (Fsp3) is 0.632. The van der Waals surface area contributed by atoms with E-state index in [1.54, 1.807) is 0 Å². The highest BCUT2D eigenvalue weighted by Crippen LogP contribution is 2.43. The molecule has 0 aromatic heterocycles. The second kappa shape index (κ2) is 10.4. The molecule has 0 saturated carbocycles. The summed E-state index contributed by atoms with van der Waals surface area (Å²) in [4.78, 5) is 14.4. The molecule has 144 valence electrons. The highest BCUT2D eigenvalue weighted by Gasteiger charge is 2.18. The van der Waals surface area contributed by atoms with Crippen LogP contribution in [0.25, 0.3) is 0 Å². The number of piperidine rings is 1. The fourth-order valence-electron chi connectivity index (χ4n) is 3.33. The number of benzene rings is 1. The third-order valence-corrected chi connectivity index (χ3v) is 7.67. The maximum atomic E-state index is 12.1. The Balaban J connectivity index is 1.42. The van der Waals surface area contributed by atoms with Crippen LogP contribution in [-0.4, -0.2) is 59.8 Å². The third-order valence-electron chi connectivity index (χ3n) is 4.66. The molecule has 2 aliphatic heterocycles. The van der Waals surface area contributed by atoms with Crippen molar-refractivity contribution >= 4 is 35.2 Å². The second-order valence-corrected chi connectivity index (χ2v) is 9.63. The number of β-amino-alcohol motifs (C(OH)–C–C–N with tert-alkyl or cyclic N) is 1. The van der Waals surface area contributed by atoms with Crippen LogP contribution in [0.4, 0.5) is 10.5 Å². The van der Waals surface area contributed by atoms with Crippen molar-refractivity contribution in [2.24, 2.45) is 0 Å². The van der Waals surface area contributed by atoms with Crippen LogP contribution in [0.2, 0.25) is 0 Å². The van der Waals surface area contributed by atoms with Crippen LogP contribution >= 0.6 is 23.5 Å². The van der Waals surface area contributed by atoms with Gasteiger partial charge in [-0.2, -0.15) is 0 Å². The van der Waals surface area contributed by atoms with E-state index >= 15 is 0 Å². The van der Waals surface area contributed by atoms with Crippen molar-refractivity contribution in [3.63, 3.8) is 0 Å². The summed E-state index contributed by atoms with van der Waals surface area (Å²) in [6.45, 7) is 3.00. The van der Waals surface area contributed by atoms with E-state index in [2.05, 4.69) is 27.7 Å². The normalized spacial score (nSPS) is 20.5. The number of carbonyl (C=O) groups is 1. The molecule has 1 aromatic carbocycles. The van der Waals surface area contributed by atoms with Gasteiger partial charge < -0.3 is 20.6 Å². The lowest BCUT2D eigenvalue weighted by Gasteiger charge is -2.28. The summed E-state index contributed by atoms with van der Waals surface area (Å²) in [5.74, 6) is 2.40. The van der Waals surface area contributed by atoms with E-state index in [0.717, 1.165) is 18.8 Å². The molecular formula is C19H29N3O2S2. The lowest BCUT2D eigenvalue weighted by molar-refractivity contribution is 0.102. The number of thioether (sulfide) groups is 2. The van der Waals surface area contributed by atoms with Crippen molar-refractivity contribution in [3.8, 4) is 0 Å². The summed E-state index contributed by atoms with van der Waals surface area (Å²) in [6, 6.07) is 7.82. The molecule has 26 heavy (non-hydrogen) atoms. The summed E-state index contributed by atoms with van der Waals surface area (Å²) in [5.41, 5.74) is 2.06.